The van der Waals surface area contributed by atoms with Gasteiger partial charge in [-0.3, -0.25) is 0 Å². The van der Waals surface area contributed by atoms with Crippen LogP contribution in [0.15, 0.2) is 137 Å². The Morgan fingerprint density at radius 2 is 1.41 bits per heavy atom. The number of allylic oxidation sites excluding steroid dienone is 8. The molecule has 2 heterocycles. The SMILES string of the molecule is C/C=C\C1=C(c2c3ccccc3c(-c3ccccc3)c3ccccc23)C=CCI1C.C1=CC1CCCc1ccc[nH]1. The molecular weight excluding hydrogens is 609 g/mol. The average molecular weight is 648 g/mol. The van der Waals surface area contributed by atoms with E-state index in [-0.39, 0.29) is 0 Å². The predicted molar refractivity (Wildman–Crippen MR) is 189 cm³/mol. The molecule has 1 aliphatic heterocycles. The van der Waals surface area contributed by atoms with Gasteiger partial charge in [0.25, 0.3) is 0 Å². The van der Waals surface area contributed by atoms with E-state index in [0.29, 0.717) is 0 Å². The van der Waals surface area contributed by atoms with Crippen molar-refractivity contribution in [3.63, 3.8) is 0 Å². The second-order valence-electron chi connectivity index (χ2n) is 10.8. The van der Waals surface area contributed by atoms with Crippen LogP contribution in [0, 0.1) is 5.92 Å². The predicted octanol–water partition coefficient (Wildman–Crippen LogP) is 11.2. The summed E-state index contributed by atoms with van der Waals surface area (Å²) in [6.07, 6.45) is 19.7. The van der Waals surface area contributed by atoms with E-state index in [4.69, 9.17) is 0 Å². The summed E-state index contributed by atoms with van der Waals surface area (Å²) in [7, 11) is 0. The van der Waals surface area contributed by atoms with Crippen LogP contribution < -0.4 is 0 Å². The van der Waals surface area contributed by atoms with E-state index in [1.54, 1.807) is 3.58 Å². The summed E-state index contributed by atoms with van der Waals surface area (Å²) < 4.78 is 2.84. The van der Waals surface area contributed by atoms with E-state index in [1.165, 1.54) is 73.2 Å². The van der Waals surface area contributed by atoms with Gasteiger partial charge in [-0.2, -0.15) is 0 Å². The Morgan fingerprint density at radius 3 is 2.00 bits per heavy atom. The molecule has 41 heavy (non-hydrogen) atoms. The number of aromatic amines is 1. The number of nitrogens with one attached hydrogen (secondary N) is 1. The molecule has 0 saturated carbocycles. The molecule has 1 aliphatic carbocycles. The molecule has 0 amide bonds. The first-order chi connectivity index (χ1) is 20.2. The zero-order valence-electron chi connectivity index (χ0n) is 24.0. The van der Waals surface area contributed by atoms with Gasteiger partial charge in [0.1, 0.15) is 0 Å². The number of H-pyrrole nitrogens is 1. The zero-order chi connectivity index (χ0) is 28.0. The van der Waals surface area contributed by atoms with Crippen LogP contribution >= 0.6 is 19.8 Å². The summed E-state index contributed by atoms with van der Waals surface area (Å²) in [4.78, 5) is 5.70. The largest absolute Gasteiger partial charge is 0.365 e. The first-order valence-electron chi connectivity index (χ1n) is 14.6. The summed E-state index contributed by atoms with van der Waals surface area (Å²) in [6.45, 7) is 2.14. The summed E-state index contributed by atoms with van der Waals surface area (Å²) in [6, 6.07) is 32.9. The molecule has 0 unspecified atom stereocenters. The molecule has 1 N–H and O–H groups in total. The third kappa shape index (κ3) is 6.18. The second kappa shape index (κ2) is 12.9. The first-order valence-corrected chi connectivity index (χ1v) is 19.4. The first kappa shape index (κ1) is 27.5. The maximum Gasteiger partial charge on any atom is 0.0147 e. The van der Waals surface area contributed by atoms with Gasteiger partial charge in [-0.1, -0.05) is 12.2 Å². The van der Waals surface area contributed by atoms with Gasteiger partial charge >= 0.3 is 187 Å². The van der Waals surface area contributed by atoms with Crippen molar-refractivity contribution in [3.8, 4) is 11.1 Å². The fraction of sp³-hybridized carbons (Fsp3) is 0.179. The van der Waals surface area contributed by atoms with E-state index in [9.17, 15) is 0 Å². The van der Waals surface area contributed by atoms with Crippen LogP contribution in [0.4, 0.5) is 0 Å². The van der Waals surface area contributed by atoms with E-state index in [2.05, 4.69) is 144 Å². The molecule has 4 aromatic carbocycles. The Kier molecular flexibility index (Phi) is 8.67. The Labute approximate surface area is 251 Å². The third-order valence-electron chi connectivity index (χ3n) is 7.90. The number of halogens is 1. The molecule has 0 saturated heterocycles. The smallest absolute Gasteiger partial charge is 0.0147 e. The van der Waals surface area contributed by atoms with Crippen LogP contribution in [0.3, 0.4) is 0 Å². The Balaban J connectivity index is 0.000000229. The number of aryl methyl sites for hydroxylation is 1. The molecule has 1 aromatic heterocycles. The molecule has 2 heteroatoms. The number of aromatic nitrogens is 1. The molecule has 206 valence electrons. The summed E-state index contributed by atoms with van der Waals surface area (Å²) in [5.41, 5.74) is 6.81. The molecule has 0 atom stereocenters. The summed E-state index contributed by atoms with van der Waals surface area (Å²) >= 11 is -1.17. The van der Waals surface area contributed by atoms with Crippen molar-refractivity contribution in [1.82, 2.24) is 4.98 Å². The van der Waals surface area contributed by atoms with Gasteiger partial charge in [0, 0.05) is 11.9 Å². The van der Waals surface area contributed by atoms with E-state index in [0.717, 1.165) is 5.92 Å². The van der Waals surface area contributed by atoms with Crippen molar-refractivity contribution >= 4 is 46.9 Å². The Bertz CT molecular complexity index is 1690. The maximum atomic E-state index is 3.21. The minimum atomic E-state index is -1.17. The maximum absolute atomic E-state index is 3.21. The normalized spacial score (nSPS) is 15.6. The van der Waals surface area contributed by atoms with Gasteiger partial charge < -0.3 is 4.98 Å². The fourth-order valence-corrected chi connectivity index (χ4v) is 9.74. The number of hydrogen-bond acceptors (Lipinski definition) is 0. The van der Waals surface area contributed by atoms with Crippen LogP contribution in [-0.2, 0) is 6.42 Å². The quantitative estimate of drug-likeness (QED) is 0.0783. The van der Waals surface area contributed by atoms with Crippen molar-refractivity contribution in [2.24, 2.45) is 5.92 Å². The molecule has 0 fully saturated rings. The van der Waals surface area contributed by atoms with E-state index in [1.807, 2.05) is 6.20 Å². The van der Waals surface area contributed by atoms with Crippen LogP contribution in [0.2, 0.25) is 0 Å². The number of benzene rings is 4. The van der Waals surface area contributed by atoms with Crippen LogP contribution in [0.25, 0.3) is 38.2 Å². The minimum absolute atomic E-state index is 0.838. The topological polar surface area (TPSA) is 15.8 Å². The molecule has 2 aliphatic rings. The van der Waals surface area contributed by atoms with Gasteiger partial charge in [0.15, 0.2) is 0 Å². The molecule has 7 rings (SSSR count). The molecule has 0 spiro atoms. The number of alkyl halides is 2. The fourth-order valence-electron chi connectivity index (χ4n) is 5.84. The molecule has 0 radical (unpaired) electrons. The standard InChI is InChI=1S/C29H25I.C10H13N/c1-3-12-27-26(19-11-20-30(27)2)29-24-17-9-7-15-22(24)28(21-13-5-4-6-14-21)23-16-8-10-18-25(23)29;1(3-9-6-7-9)4-10-5-2-8-11-10/h3-19H,20H2,1-2H3;2,5-9,11H,1,3-4H2/b12-3-;. The average Bonchev–Trinajstić information content (AvgIpc) is 3.69. The van der Waals surface area contributed by atoms with Crippen molar-refractivity contribution in [2.75, 3.05) is 9.36 Å². The molecule has 5 aromatic rings. The van der Waals surface area contributed by atoms with Crippen LogP contribution in [0.5, 0.6) is 0 Å². The van der Waals surface area contributed by atoms with Crippen molar-refractivity contribution in [3.05, 3.63) is 148 Å². The molecular formula is C39H38IN. The molecule has 1 nitrogen and oxygen atoms in total. The number of fused-ring (bicyclic) bond motifs is 2. The zero-order valence-corrected chi connectivity index (χ0v) is 26.1. The van der Waals surface area contributed by atoms with Crippen molar-refractivity contribution in [2.45, 2.75) is 26.2 Å². The summed E-state index contributed by atoms with van der Waals surface area (Å²) in [5.74, 6) is 0.838. The van der Waals surface area contributed by atoms with Crippen LogP contribution in [-0.4, -0.2) is 14.3 Å². The Morgan fingerprint density at radius 1 is 0.780 bits per heavy atom. The van der Waals surface area contributed by atoms with E-state index < -0.39 is 19.8 Å². The Hall–Kier alpha value is -3.63. The van der Waals surface area contributed by atoms with Crippen molar-refractivity contribution in [1.29, 1.82) is 0 Å². The minimum Gasteiger partial charge on any atom is -0.365 e. The van der Waals surface area contributed by atoms with Gasteiger partial charge in [-0.25, -0.2) is 0 Å². The molecule has 0 bridgehead atoms. The number of rotatable bonds is 7. The summed E-state index contributed by atoms with van der Waals surface area (Å²) in [5, 5.41) is 5.37. The van der Waals surface area contributed by atoms with Gasteiger partial charge in [-0.15, -0.1) is 0 Å². The van der Waals surface area contributed by atoms with E-state index >= 15 is 0 Å². The third-order valence-corrected chi connectivity index (χ3v) is 12.7. The monoisotopic (exact) mass is 647 g/mol. The van der Waals surface area contributed by atoms with Gasteiger partial charge in [-0.05, 0) is 37.3 Å². The van der Waals surface area contributed by atoms with Gasteiger partial charge in [0.05, 0.1) is 0 Å². The van der Waals surface area contributed by atoms with Crippen molar-refractivity contribution < 1.29 is 0 Å². The second-order valence-corrected chi connectivity index (χ2v) is 16.2. The number of hydrogen-bond donors (Lipinski definition) is 1. The van der Waals surface area contributed by atoms with Gasteiger partial charge in [0.2, 0.25) is 0 Å². The van der Waals surface area contributed by atoms with Crippen LogP contribution in [0.1, 0.15) is 31.0 Å².